The number of benzene rings is 2. The van der Waals surface area contributed by atoms with E-state index in [1.807, 2.05) is 6.92 Å². The maximum atomic E-state index is 13.3. The molecule has 7 nitrogen and oxygen atoms in total. The van der Waals surface area contributed by atoms with Crippen molar-refractivity contribution in [3.05, 3.63) is 87.7 Å². The highest BCUT2D eigenvalue weighted by Crippen LogP contribution is 2.44. The van der Waals surface area contributed by atoms with Crippen LogP contribution in [0, 0.1) is 0 Å². The Hall–Kier alpha value is -3.55. The van der Waals surface area contributed by atoms with Gasteiger partial charge in [-0.3, -0.25) is 19.5 Å². The topological polar surface area (TPSA) is 89.0 Å². The molecule has 4 rings (SSSR count). The number of anilines is 1. The molecule has 0 saturated carbocycles. The van der Waals surface area contributed by atoms with Gasteiger partial charge in [-0.05, 0) is 55.5 Å². The summed E-state index contributed by atoms with van der Waals surface area (Å²) in [6.07, 6.45) is 1.55. The molecule has 9 heteroatoms. The van der Waals surface area contributed by atoms with Crippen molar-refractivity contribution in [1.82, 2.24) is 4.98 Å². The number of rotatable bonds is 6. The van der Waals surface area contributed by atoms with E-state index in [-0.39, 0.29) is 26.9 Å². The van der Waals surface area contributed by atoms with Crippen LogP contribution in [-0.4, -0.2) is 35.5 Å². The lowest BCUT2D eigenvalue weighted by molar-refractivity contribution is -0.132. The van der Waals surface area contributed by atoms with Gasteiger partial charge in [0.25, 0.3) is 11.7 Å². The smallest absolute Gasteiger partial charge is 0.300 e. The zero-order valence-electron chi connectivity index (χ0n) is 18.3. The summed E-state index contributed by atoms with van der Waals surface area (Å²) in [5, 5.41) is 11.7. The van der Waals surface area contributed by atoms with Gasteiger partial charge in [0.15, 0.2) is 0 Å². The van der Waals surface area contributed by atoms with E-state index >= 15 is 0 Å². The molecule has 0 aliphatic carbocycles. The van der Waals surface area contributed by atoms with E-state index in [2.05, 4.69) is 4.98 Å². The lowest BCUT2D eigenvalue weighted by Crippen LogP contribution is -2.29. The number of halogens is 2. The van der Waals surface area contributed by atoms with Crippen LogP contribution in [0.1, 0.15) is 24.2 Å². The summed E-state index contributed by atoms with van der Waals surface area (Å²) >= 11 is 12.4. The van der Waals surface area contributed by atoms with Crippen molar-refractivity contribution in [1.29, 1.82) is 0 Å². The normalized spacial score (nSPS) is 17.2. The van der Waals surface area contributed by atoms with Crippen LogP contribution in [0.15, 0.2) is 66.4 Å². The molecule has 1 aromatic heterocycles. The molecule has 174 valence electrons. The largest absolute Gasteiger partial charge is 0.507 e. The molecule has 34 heavy (non-hydrogen) atoms. The van der Waals surface area contributed by atoms with Crippen molar-refractivity contribution in [2.45, 2.75) is 13.0 Å². The molecule has 1 N–H and O–H groups in total. The number of Topliss-reactive ketones (excluding diaryl/α,β-unsaturated/α-hetero) is 1. The second-order valence-electron chi connectivity index (χ2n) is 7.32. The van der Waals surface area contributed by atoms with Gasteiger partial charge < -0.3 is 14.6 Å². The molecule has 1 aliphatic heterocycles. The minimum absolute atomic E-state index is 0.0885. The van der Waals surface area contributed by atoms with Crippen LogP contribution in [0.5, 0.6) is 11.5 Å². The second kappa shape index (κ2) is 9.75. The number of hydrogen-bond acceptors (Lipinski definition) is 6. The van der Waals surface area contributed by atoms with E-state index in [0.29, 0.717) is 23.7 Å². The lowest BCUT2D eigenvalue weighted by Gasteiger charge is -2.25. The standard InChI is InChI=1S/C25H20Cl2N2O5/c1-3-34-16-9-7-15(8-10-16)29-21(19-6-4-5-11-28-19)20(23(31)25(29)32)22(30)17-12-14(26)13-18(27)24(17)33-2/h4-13,21,30H,3H2,1-2H3/b22-20+. The Bertz CT molecular complexity index is 1280. The Kier molecular flexibility index (Phi) is 6.77. The number of ether oxygens (including phenoxy) is 2. The van der Waals surface area contributed by atoms with Crippen LogP contribution in [0.3, 0.4) is 0 Å². The zero-order valence-corrected chi connectivity index (χ0v) is 19.8. The average Bonchev–Trinajstić information content (AvgIpc) is 3.10. The second-order valence-corrected chi connectivity index (χ2v) is 8.16. The van der Waals surface area contributed by atoms with Crippen molar-refractivity contribution in [2.24, 2.45) is 0 Å². The lowest BCUT2D eigenvalue weighted by atomic mass is 9.97. The van der Waals surface area contributed by atoms with Crippen molar-refractivity contribution in [2.75, 3.05) is 18.6 Å². The number of methoxy groups -OCH3 is 1. The van der Waals surface area contributed by atoms with Crippen molar-refractivity contribution < 1.29 is 24.2 Å². The summed E-state index contributed by atoms with van der Waals surface area (Å²) in [5.41, 5.74) is 0.764. The predicted molar refractivity (Wildman–Crippen MR) is 130 cm³/mol. The summed E-state index contributed by atoms with van der Waals surface area (Å²) in [7, 11) is 1.38. The maximum Gasteiger partial charge on any atom is 0.300 e. The number of carbonyl (C=O) groups excluding carboxylic acids is 2. The number of ketones is 1. The summed E-state index contributed by atoms with van der Waals surface area (Å²) in [4.78, 5) is 32.1. The Morgan fingerprint density at radius 2 is 1.85 bits per heavy atom. The minimum Gasteiger partial charge on any atom is -0.507 e. The van der Waals surface area contributed by atoms with Gasteiger partial charge in [-0.25, -0.2) is 0 Å². The van der Waals surface area contributed by atoms with Crippen molar-refractivity contribution >= 4 is 46.3 Å². The number of carbonyl (C=O) groups is 2. The first-order valence-electron chi connectivity index (χ1n) is 10.4. The highest BCUT2D eigenvalue weighted by molar-refractivity contribution is 6.51. The Labute approximate surface area is 206 Å². The van der Waals surface area contributed by atoms with Crippen LogP contribution in [0.4, 0.5) is 5.69 Å². The SMILES string of the molecule is CCOc1ccc(N2C(=O)C(=O)/C(=C(/O)c3cc(Cl)cc(Cl)c3OC)C2c2ccccn2)cc1. The first-order chi connectivity index (χ1) is 16.4. The summed E-state index contributed by atoms with van der Waals surface area (Å²) in [6, 6.07) is 13.7. The number of amides is 1. The number of hydrogen-bond donors (Lipinski definition) is 1. The third-order valence-corrected chi connectivity index (χ3v) is 5.80. The molecule has 3 aromatic rings. The number of pyridine rings is 1. The Morgan fingerprint density at radius 1 is 1.12 bits per heavy atom. The third kappa shape index (κ3) is 4.20. The highest BCUT2D eigenvalue weighted by Gasteiger charge is 2.48. The highest BCUT2D eigenvalue weighted by atomic mass is 35.5. The molecular weight excluding hydrogens is 479 g/mol. The molecule has 2 aromatic carbocycles. The molecule has 0 spiro atoms. The Balaban J connectivity index is 1.94. The molecule has 1 saturated heterocycles. The van der Waals surface area contributed by atoms with Crippen LogP contribution in [0.25, 0.3) is 5.76 Å². The summed E-state index contributed by atoms with van der Waals surface area (Å²) < 4.78 is 10.8. The predicted octanol–water partition coefficient (Wildman–Crippen LogP) is 5.42. The molecule has 0 bridgehead atoms. The van der Waals surface area contributed by atoms with Crippen LogP contribution >= 0.6 is 23.2 Å². The maximum absolute atomic E-state index is 13.3. The van der Waals surface area contributed by atoms with E-state index in [0.717, 1.165) is 0 Å². The Morgan fingerprint density at radius 3 is 2.47 bits per heavy atom. The molecule has 1 atom stereocenters. The monoisotopic (exact) mass is 498 g/mol. The van der Waals surface area contributed by atoms with Gasteiger partial charge >= 0.3 is 0 Å². The van der Waals surface area contributed by atoms with E-state index in [9.17, 15) is 14.7 Å². The first kappa shape index (κ1) is 23.6. The fraction of sp³-hybridized carbons (Fsp3) is 0.160. The van der Waals surface area contributed by atoms with Crippen LogP contribution < -0.4 is 14.4 Å². The van der Waals surface area contributed by atoms with Gasteiger partial charge in [-0.1, -0.05) is 29.3 Å². The molecule has 1 amide bonds. The van der Waals surface area contributed by atoms with E-state index < -0.39 is 23.5 Å². The van der Waals surface area contributed by atoms with E-state index in [4.69, 9.17) is 32.7 Å². The number of aliphatic hydroxyl groups excluding tert-OH is 1. The van der Waals surface area contributed by atoms with E-state index in [1.54, 1.807) is 48.7 Å². The summed E-state index contributed by atoms with van der Waals surface area (Å²) in [6.45, 7) is 2.35. The van der Waals surface area contributed by atoms with Crippen molar-refractivity contribution in [3.63, 3.8) is 0 Å². The van der Waals surface area contributed by atoms with Crippen molar-refractivity contribution in [3.8, 4) is 11.5 Å². The molecule has 1 unspecified atom stereocenters. The summed E-state index contributed by atoms with van der Waals surface area (Å²) in [5.74, 6) is -1.41. The average molecular weight is 499 g/mol. The molecule has 2 heterocycles. The number of nitrogens with zero attached hydrogens (tertiary/aromatic N) is 2. The van der Waals surface area contributed by atoms with Gasteiger partial charge in [0, 0.05) is 16.9 Å². The molecule has 0 radical (unpaired) electrons. The van der Waals surface area contributed by atoms with Gasteiger partial charge in [0.2, 0.25) is 0 Å². The van der Waals surface area contributed by atoms with Gasteiger partial charge in [-0.15, -0.1) is 0 Å². The molecule has 1 aliphatic rings. The first-order valence-corrected chi connectivity index (χ1v) is 11.1. The minimum atomic E-state index is -0.999. The third-order valence-electron chi connectivity index (χ3n) is 5.31. The number of aromatic nitrogens is 1. The van der Waals surface area contributed by atoms with Crippen LogP contribution in [-0.2, 0) is 9.59 Å². The van der Waals surface area contributed by atoms with Crippen LogP contribution in [0.2, 0.25) is 10.0 Å². The fourth-order valence-electron chi connectivity index (χ4n) is 3.87. The van der Waals surface area contributed by atoms with Gasteiger partial charge in [0.05, 0.1) is 35.6 Å². The van der Waals surface area contributed by atoms with Gasteiger partial charge in [0.1, 0.15) is 23.3 Å². The molecular formula is C25H20Cl2N2O5. The van der Waals surface area contributed by atoms with Gasteiger partial charge in [-0.2, -0.15) is 0 Å². The molecule has 1 fully saturated rings. The van der Waals surface area contributed by atoms with E-state index in [1.165, 1.54) is 24.1 Å². The zero-order chi connectivity index (χ0) is 24.4. The number of aliphatic hydroxyl groups is 1. The quantitative estimate of drug-likeness (QED) is 0.277. The fourth-order valence-corrected chi connectivity index (χ4v) is 4.45.